The van der Waals surface area contributed by atoms with Crippen molar-refractivity contribution in [2.75, 3.05) is 17.7 Å². The number of methoxy groups -OCH3 is 1. The molecule has 0 atom stereocenters. The van der Waals surface area contributed by atoms with E-state index in [0.29, 0.717) is 29.4 Å². The van der Waals surface area contributed by atoms with Gasteiger partial charge in [-0.25, -0.2) is 9.78 Å². The molecule has 0 aliphatic heterocycles. The minimum Gasteiger partial charge on any atom is -0.465 e. The molecule has 1 heterocycles. The molecule has 2 N–H and O–H groups in total. The maximum atomic E-state index is 11.7. The number of aromatic nitrogens is 1. The quantitative estimate of drug-likeness (QED) is 0.792. The van der Waals surface area contributed by atoms with E-state index in [2.05, 4.69) is 20.4 Å². The van der Waals surface area contributed by atoms with E-state index in [4.69, 9.17) is 0 Å². The maximum absolute atomic E-state index is 11.7. The second-order valence-corrected chi connectivity index (χ2v) is 5.77. The van der Waals surface area contributed by atoms with Gasteiger partial charge in [-0.05, 0) is 42.3 Å². The third-order valence-electron chi connectivity index (χ3n) is 3.22. The number of hydrogen-bond donors (Lipinski definition) is 2. The van der Waals surface area contributed by atoms with Crippen LogP contribution in [0.2, 0.25) is 0 Å². The van der Waals surface area contributed by atoms with Crippen molar-refractivity contribution >= 4 is 29.1 Å². The molecular formula is C18H21N3O3. The molecule has 6 nitrogen and oxygen atoms in total. The molecule has 0 saturated heterocycles. The number of nitrogens with zero attached hydrogens (tertiary/aromatic N) is 1. The van der Waals surface area contributed by atoms with Crippen LogP contribution in [0.1, 0.15) is 30.6 Å². The van der Waals surface area contributed by atoms with Gasteiger partial charge in [-0.2, -0.15) is 0 Å². The summed E-state index contributed by atoms with van der Waals surface area (Å²) in [4.78, 5) is 27.4. The van der Waals surface area contributed by atoms with Crippen LogP contribution in [0.5, 0.6) is 0 Å². The van der Waals surface area contributed by atoms with Crippen molar-refractivity contribution in [1.29, 1.82) is 0 Å². The van der Waals surface area contributed by atoms with Crippen molar-refractivity contribution < 1.29 is 14.3 Å². The molecule has 2 aromatic rings. The number of carbonyl (C=O) groups is 2. The lowest BCUT2D eigenvalue weighted by Crippen LogP contribution is -2.13. The smallest absolute Gasteiger partial charge is 0.337 e. The van der Waals surface area contributed by atoms with Gasteiger partial charge in [0.1, 0.15) is 5.82 Å². The maximum Gasteiger partial charge on any atom is 0.337 e. The highest BCUT2D eigenvalue weighted by Crippen LogP contribution is 2.17. The van der Waals surface area contributed by atoms with Crippen LogP contribution in [-0.2, 0) is 9.53 Å². The van der Waals surface area contributed by atoms with Crippen molar-refractivity contribution in [1.82, 2.24) is 4.98 Å². The summed E-state index contributed by atoms with van der Waals surface area (Å²) in [5, 5.41) is 5.93. The van der Waals surface area contributed by atoms with E-state index < -0.39 is 0 Å². The predicted molar refractivity (Wildman–Crippen MR) is 93.4 cm³/mol. The fourth-order valence-electron chi connectivity index (χ4n) is 2.08. The number of esters is 1. The van der Waals surface area contributed by atoms with E-state index in [1.165, 1.54) is 7.11 Å². The van der Waals surface area contributed by atoms with E-state index in [0.717, 1.165) is 5.69 Å². The van der Waals surface area contributed by atoms with E-state index in [9.17, 15) is 9.59 Å². The number of carbonyl (C=O) groups excluding carboxylic acids is 2. The predicted octanol–water partition coefficient (Wildman–Crippen LogP) is 3.60. The van der Waals surface area contributed by atoms with Crippen LogP contribution in [0, 0.1) is 5.92 Å². The number of amides is 1. The molecule has 0 aliphatic rings. The van der Waals surface area contributed by atoms with Gasteiger partial charge in [0, 0.05) is 12.1 Å². The van der Waals surface area contributed by atoms with Gasteiger partial charge in [-0.1, -0.05) is 13.8 Å². The number of pyridine rings is 1. The summed E-state index contributed by atoms with van der Waals surface area (Å²) < 4.78 is 4.66. The summed E-state index contributed by atoms with van der Waals surface area (Å²) in [5.74, 6) is 0.557. The van der Waals surface area contributed by atoms with Crippen LogP contribution < -0.4 is 10.6 Å². The third-order valence-corrected chi connectivity index (χ3v) is 3.22. The largest absolute Gasteiger partial charge is 0.465 e. The zero-order valence-corrected chi connectivity index (χ0v) is 14.0. The summed E-state index contributed by atoms with van der Waals surface area (Å²) in [7, 11) is 1.35. The molecule has 2 rings (SSSR count). The molecular weight excluding hydrogens is 306 g/mol. The molecule has 0 fully saturated rings. The van der Waals surface area contributed by atoms with E-state index in [1.54, 1.807) is 42.6 Å². The van der Waals surface area contributed by atoms with Crippen LogP contribution in [0.15, 0.2) is 42.6 Å². The number of rotatable bonds is 6. The Hall–Kier alpha value is -2.89. The van der Waals surface area contributed by atoms with Crippen LogP contribution >= 0.6 is 0 Å². The van der Waals surface area contributed by atoms with Gasteiger partial charge < -0.3 is 15.4 Å². The Bertz CT molecular complexity index is 694. The topological polar surface area (TPSA) is 80.3 Å². The van der Waals surface area contributed by atoms with Gasteiger partial charge in [0.25, 0.3) is 0 Å². The standard InChI is InChI=1S/C18H21N3O3/c1-12(2)10-17(22)21-15-8-9-16(19-11-15)20-14-6-4-13(5-7-14)18(23)24-3/h4-9,11-12H,10H2,1-3H3,(H,19,20)(H,21,22). The second-order valence-electron chi connectivity index (χ2n) is 5.77. The van der Waals surface area contributed by atoms with Crippen molar-refractivity contribution in [3.63, 3.8) is 0 Å². The summed E-state index contributed by atoms with van der Waals surface area (Å²) >= 11 is 0. The summed E-state index contributed by atoms with van der Waals surface area (Å²) in [6, 6.07) is 10.5. The number of nitrogens with one attached hydrogen (secondary N) is 2. The SMILES string of the molecule is COC(=O)c1ccc(Nc2ccc(NC(=O)CC(C)C)cn2)cc1. The Morgan fingerprint density at radius 3 is 2.29 bits per heavy atom. The lowest BCUT2D eigenvalue weighted by atomic mass is 10.1. The first-order valence-corrected chi connectivity index (χ1v) is 7.69. The minimum absolute atomic E-state index is 0.0223. The van der Waals surface area contributed by atoms with E-state index in [1.807, 2.05) is 13.8 Å². The highest BCUT2D eigenvalue weighted by atomic mass is 16.5. The van der Waals surface area contributed by atoms with Crippen molar-refractivity contribution in [3.05, 3.63) is 48.2 Å². The van der Waals surface area contributed by atoms with Crippen molar-refractivity contribution in [3.8, 4) is 0 Å². The average molecular weight is 327 g/mol. The molecule has 1 aromatic heterocycles. The number of anilines is 3. The lowest BCUT2D eigenvalue weighted by Gasteiger charge is -2.09. The monoisotopic (exact) mass is 327 g/mol. The highest BCUT2D eigenvalue weighted by Gasteiger charge is 2.06. The molecule has 0 unspecified atom stereocenters. The number of hydrogen-bond acceptors (Lipinski definition) is 5. The molecule has 126 valence electrons. The highest BCUT2D eigenvalue weighted by molar-refractivity contribution is 5.91. The molecule has 0 spiro atoms. The molecule has 1 amide bonds. The van der Waals surface area contributed by atoms with Gasteiger partial charge in [-0.15, -0.1) is 0 Å². The van der Waals surface area contributed by atoms with Gasteiger partial charge in [0.15, 0.2) is 0 Å². The molecule has 0 bridgehead atoms. The fourth-order valence-corrected chi connectivity index (χ4v) is 2.08. The average Bonchev–Trinajstić information content (AvgIpc) is 2.56. The Morgan fingerprint density at radius 2 is 1.75 bits per heavy atom. The Kier molecular flexibility index (Phi) is 5.89. The normalized spacial score (nSPS) is 10.3. The number of ether oxygens (including phenoxy) is 1. The fraction of sp³-hybridized carbons (Fsp3) is 0.278. The Balaban J connectivity index is 1.96. The van der Waals surface area contributed by atoms with Crippen LogP contribution in [-0.4, -0.2) is 24.0 Å². The first-order valence-electron chi connectivity index (χ1n) is 7.69. The molecule has 6 heteroatoms. The van der Waals surface area contributed by atoms with E-state index in [-0.39, 0.29) is 11.9 Å². The van der Waals surface area contributed by atoms with Crippen LogP contribution in [0.4, 0.5) is 17.2 Å². The minimum atomic E-state index is -0.374. The Morgan fingerprint density at radius 1 is 1.08 bits per heavy atom. The number of benzene rings is 1. The second kappa shape index (κ2) is 8.10. The lowest BCUT2D eigenvalue weighted by molar-refractivity contribution is -0.116. The Labute approximate surface area is 141 Å². The van der Waals surface area contributed by atoms with Gasteiger partial charge in [0.2, 0.25) is 5.91 Å². The van der Waals surface area contributed by atoms with Gasteiger partial charge in [0.05, 0.1) is 24.6 Å². The molecule has 0 radical (unpaired) electrons. The molecule has 0 aliphatic carbocycles. The first-order chi connectivity index (χ1) is 11.5. The third kappa shape index (κ3) is 5.08. The molecule has 24 heavy (non-hydrogen) atoms. The van der Waals surface area contributed by atoms with Crippen molar-refractivity contribution in [2.45, 2.75) is 20.3 Å². The van der Waals surface area contributed by atoms with Crippen LogP contribution in [0.3, 0.4) is 0 Å². The van der Waals surface area contributed by atoms with Gasteiger partial charge >= 0.3 is 5.97 Å². The summed E-state index contributed by atoms with van der Waals surface area (Å²) in [6.07, 6.45) is 2.08. The van der Waals surface area contributed by atoms with Gasteiger partial charge in [-0.3, -0.25) is 4.79 Å². The van der Waals surface area contributed by atoms with Crippen molar-refractivity contribution in [2.24, 2.45) is 5.92 Å². The zero-order chi connectivity index (χ0) is 17.5. The molecule has 0 saturated carbocycles. The zero-order valence-electron chi connectivity index (χ0n) is 14.0. The molecule has 1 aromatic carbocycles. The van der Waals surface area contributed by atoms with E-state index >= 15 is 0 Å². The summed E-state index contributed by atoms with van der Waals surface area (Å²) in [5.41, 5.74) is 1.94. The summed E-state index contributed by atoms with van der Waals surface area (Å²) in [6.45, 7) is 3.99. The first kappa shape index (κ1) is 17.5. The van der Waals surface area contributed by atoms with Crippen LogP contribution in [0.25, 0.3) is 0 Å².